The zero-order chi connectivity index (χ0) is 38.9. The Morgan fingerprint density at radius 1 is 0.373 bits per heavy atom. The van der Waals surface area contributed by atoms with E-state index in [1.807, 2.05) is 72.8 Å². The van der Waals surface area contributed by atoms with E-state index in [9.17, 15) is 0 Å². The number of aromatic nitrogens is 4. The average Bonchev–Trinajstić information content (AvgIpc) is 3.78. The van der Waals surface area contributed by atoms with Crippen molar-refractivity contribution in [3.8, 4) is 39.6 Å². The van der Waals surface area contributed by atoms with E-state index in [0.717, 1.165) is 72.4 Å². The van der Waals surface area contributed by atoms with Crippen LogP contribution in [0.2, 0.25) is 0 Å². The average molecular weight is 756 g/mol. The Bertz CT molecular complexity index is 3380. The predicted octanol–water partition coefficient (Wildman–Crippen LogP) is 13.8. The quantitative estimate of drug-likeness (QED) is 0.175. The summed E-state index contributed by atoms with van der Waals surface area (Å²) in [5.74, 6) is 1.73. The zero-order valence-corrected chi connectivity index (χ0v) is 31.7. The maximum atomic E-state index is 6.41. The lowest BCUT2D eigenvalue weighted by molar-refractivity contribution is 0.669. The second kappa shape index (κ2) is 13.3. The van der Waals surface area contributed by atoms with E-state index in [4.69, 9.17) is 19.4 Å². The fraction of sp³-hybridized carbons (Fsp3) is 0. The van der Waals surface area contributed by atoms with Crippen molar-refractivity contribution in [3.63, 3.8) is 0 Å². The molecule has 0 atom stereocenters. The summed E-state index contributed by atoms with van der Waals surface area (Å²) in [7, 11) is 0. The maximum absolute atomic E-state index is 6.41. The zero-order valence-electron chi connectivity index (χ0n) is 31.7. The fourth-order valence-electron chi connectivity index (χ4n) is 8.60. The third-order valence-corrected chi connectivity index (χ3v) is 11.4. The molecular weight excluding hydrogens is 723 g/mol. The van der Waals surface area contributed by atoms with Crippen molar-refractivity contribution in [3.05, 3.63) is 199 Å². The summed E-state index contributed by atoms with van der Waals surface area (Å²) in [6, 6.07) is 65.5. The summed E-state index contributed by atoms with van der Waals surface area (Å²) >= 11 is 0. The van der Waals surface area contributed by atoms with Crippen LogP contribution < -0.4 is 4.90 Å². The standard InChI is InChI=1S/C53H33N5O/c1-4-14-34(15-5-1)51-54-52(35-16-6-2-7-17-35)56-53(55-51)58-45-28-26-36(30-38(45)24-25-39-32-50-44(33-48(39)58)42-21-11-13-23-49(42)59-50)37-27-29-47-43(31-37)41-20-10-12-22-46(41)57(47)40-18-8-3-9-19-40/h1-33H. The SMILES string of the molecule is C1=Cc2cc3oc4ccccc4c3cc2N(c2nc(-c3ccccc3)nc(-c3ccccc3)n2)c2ccc(-c3ccc4c(c3)c3ccccc3n4-c3ccccc3)cc21. The largest absolute Gasteiger partial charge is 0.456 e. The van der Waals surface area contributed by atoms with Gasteiger partial charge in [0.2, 0.25) is 5.95 Å². The molecule has 1 aliphatic heterocycles. The number of para-hydroxylation sites is 3. The van der Waals surface area contributed by atoms with Gasteiger partial charge in [-0.05, 0) is 77.4 Å². The molecule has 0 unspecified atom stereocenters. The van der Waals surface area contributed by atoms with Gasteiger partial charge in [-0.1, -0.05) is 140 Å². The minimum atomic E-state index is 0.527. The van der Waals surface area contributed by atoms with Gasteiger partial charge in [0.15, 0.2) is 11.6 Å². The summed E-state index contributed by atoms with van der Waals surface area (Å²) in [6.07, 6.45) is 4.38. The summed E-state index contributed by atoms with van der Waals surface area (Å²) < 4.78 is 8.76. The van der Waals surface area contributed by atoms with Gasteiger partial charge in [0.1, 0.15) is 11.2 Å². The summed E-state index contributed by atoms with van der Waals surface area (Å²) in [4.78, 5) is 17.7. The molecule has 0 radical (unpaired) electrons. The molecule has 0 saturated heterocycles. The number of anilines is 3. The highest BCUT2D eigenvalue weighted by molar-refractivity contribution is 6.11. The van der Waals surface area contributed by atoms with E-state index < -0.39 is 0 Å². The third-order valence-electron chi connectivity index (χ3n) is 11.4. The molecule has 12 rings (SSSR count). The van der Waals surface area contributed by atoms with Crippen molar-refractivity contribution in [2.45, 2.75) is 0 Å². The number of rotatable bonds is 5. The van der Waals surface area contributed by atoms with Crippen LogP contribution in [0.25, 0.3) is 95.5 Å². The predicted molar refractivity (Wildman–Crippen MR) is 241 cm³/mol. The molecule has 276 valence electrons. The van der Waals surface area contributed by atoms with Crippen LogP contribution in [-0.2, 0) is 0 Å². The van der Waals surface area contributed by atoms with Gasteiger partial charge in [-0.25, -0.2) is 4.98 Å². The van der Waals surface area contributed by atoms with E-state index in [1.54, 1.807) is 0 Å². The number of benzene rings is 8. The van der Waals surface area contributed by atoms with Crippen molar-refractivity contribution in [1.82, 2.24) is 19.5 Å². The minimum Gasteiger partial charge on any atom is -0.456 e. The highest BCUT2D eigenvalue weighted by Gasteiger charge is 2.26. The van der Waals surface area contributed by atoms with Crippen LogP contribution in [-0.4, -0.2) is 19.5 Å². The summed E-state index contributed by atoms with van der Waals surface area (Å²) in [6.45, 7) is 0. The Kier molecular flexibility index (Phi) is 7.43. The van der Waals surface area contributed by atoms with Crippen molar-refractivity contribution in [1.29, 1.82) is 0 Å². The molecule has 6 heteroatoms. The molecule has 0 bridgehead atoms. The van der Waals surface area contributed by atoms with Crippen LogP contribution in [0.15, 0.2) is 192 Å². The van der Waals surface area contributed by atoms with E-state index in [1.165, 1.54) is 21.8 Å². The first-order valence-corrected chi connectivity index (χ1v) is 19.8. The van der Waals surface area contributed by atoms with Crippen LogP contribution in [0.1, 0.15) is 11.1 Å². The molecule has 6 nitrogen and oxygen atoms in total. The molecule has 0 aliphatic carbocycles. The van der Waals surface area contributed by atoms with Crippen molar-refractivity contribution in [2.24, 2.45) is 0 Å². The molecule has 0 amide bonds. The highest BCUT2D eigenvalue weighted by atomic mass is 16.3. The Labute approximate surface area is 339 Å². The molecule has 59 heavy (non-hydrogen) atoms. The molecule has 11 aromatic rings. The molecule has 0 N–H and O–H groups in total. The van der Waals surface area contributed by atoms with Crippen molar-refractivity contribution < 1.29 is 4.42 Å². The van der Waals surface area contributed by atoms with E-state index in [-0.39, 0.29) is 0 Å². The Balaban J connectivity index is 1.07. The van der Waals surface area contributed by atoms with Crippen LogP contribution in [0.5, 0.6) is 0 Å². The van der Waals surface area contributed by atoms with E-state index >= 15 is 0 Å². The van der Waals surface area contributed by atoms with Crippen LogP contribution in [0, 0.1) is 0 Å². The molecule has 0 spiro atoms. The second-order valence-electron chi connectivity index (χ2n) is 14.9. The fourth-order valence-corrected chi connectivity index (χ4v) is 8.60. The lowest BCUT2D eigenvalue weighted by Gasteiger charge is -2.26. The summed E-state index contributed by atoms with van der Waals surface area (Å²) in [5.41, 5.74) is 13.2. The number of hydrogen-bond donors (Lipinski definition) is 0. The Hall–Kier alpha value is -8.09. The van der Waals surface area contributed by atoms with Crippen molar-refractivity contribution in [2.75, 3.05) is 4.90 Å². The number of hydrogen-bond acceptors (Lipinski definition) is 5. The van der Waals surface area contributed by atoms with E-state index in [0.29, 0.717) is 17.6 Å². The molecular formula is C53H33N5O. The van der Waals surface area contributed by atoms with Gasteiger partial charge in [0.25, 0.3) is 0 Å². The van der Waals surface area contributed by atoms with Gasteiger partial charge in [-0.3, -0.25) is 4.90 Å². The van der Waals surface area contributed by atoms with Gasteiger partial charge in [-0.15, -0.1) is 0 Å². The first-order chi connectivity index (χ1) is 29.2. The van der Waals surface area contributed by atoms with Gasteiger partial charge in [-0.2, -0.15) is 9.97 Å². The van der Waals surface area contributed by atoms with Crippen LogP contribution in [0.3, 0.4) is 0 Å². The molecule has 0 fully saturated rings. The topological polar surface area (TPSA) is 60.0 Å². The molecule has 8 aromatic carbocycles. The number of fused-ring (bicyclic) bond motifs is 8. The first kappa shape index (κ1) is 33.1. The minimum absolute atomic E-state index is 0.527. The highest BCUT2D eigenvalue weighted by Crippen LogP contribution is 2.46. The second-order valence-corrected chi connectivity index (χ2v) is 14.9. The Morgan fingerprint density at radius 3 is 1.71 bits per heavy atom. The third kappa shape index (κ3) is 5.46. The molecule has 0 saturated carbocycles. The lowest BCUT2D eigenvalue weighted by atomic mass is 9.99. The Morgan fingerprint density at radius 2 is 0.966 bits per heavy atom. The lowest BCUT2D eigenvalue weighted by Crippen LogP contribution is -2.16. The van der Waals surface area contributed by atoms with Gasteiger partial charge < -0.3 is 8.98 Å². The van der Waals surface area contributed by atoms with Gasteiger partial charge in [0.05, 0.1) is 22.4 Å². The number of nitrogens with zero attached hydrogens (tertiary/aromatic N) is 5. The summed E-state index contributed by atoms with van der Waals surface area (Å²) in [5, 5.41) is 4.52. The van der Waals surface area contributed by atoms with Gasteiger partial charge >= 0.3 is 0 Å². The molecule has 1 aliphatic rings. The van der Waals surface area contributed by atoms with Crippen LogP contribution in [0.4, 0.5) is 17.3 Å². The smallest absolute Gasteiger partial charge is 0.238 e. The normalized spacial score (nSPS) is 12.3. The van der Waals surface area contributed by atoms with Gasteiger partial charge in [0, 0.05) is 43.9 Å². The first-order valence-electron chi connectivity index (χ1n) is 19.8. The molecule has 3 aromatic heterocycles. The number of furan rings is 1. The molecule has 4 heterocycles. The van der Waals surface area contributed by atoms with Crippen molar-refractivity contribution >= 4 is 73.2 Å². The monoisotopic (exact) mass is 755 g/mol. The maximum Gasteiger partial charge on any atom is 0.238 e. The van der Waals surface area contributed by atoms with E-state index in [2.05, 4.69) is 137 Å². The van der Waals surface area contributed by atoms with Crippen LogP contribution >= 0.6 is 0 Å².